The van der Waals surface area contributed by atoms with Crippen molar-refractivity contribution in [2.24, 2.45) is 5.92 Å². The van der Waals surface area contributed by atoms with Gasteiger partial charge in [0.15, 0.2) is 12.0 Å². The Bertz CT molecular complexity index is 4010. The second-order valence-corrected chi connectivity index (χ2v) is 26.1. The van der Waals surface area contributed by atoms with E-state index in [0.29, 0.717) is 108 Å². The van der Waals surface area contributed by atoms with Crippen LogP contribution < -0.4 is 19.7 Å². The van der Waals surface area contributed by atoms with E-state index in [4.69, 9.17) is 34.0 Å². The number of amides is 3. The molecule has 470 valence electrons. The highest BCUT2D eigenvalue weighted by Crippen LogP contribution is 2.54. The largest absolute Gasteiger partial charge is 0.486 e. The number of nitrogens with one attached hydrogen (secondary N) is 1. The van der Waals surface area contributed by atoms with Crippen LogP contribution in [0.1, 0.15) is 124 Å². The molecule has 3 amide bonds. The number of carbonyl (C=O) groups is 3. The highest BCUT2D eigenvalue weighted by molar-refractivity contribution is 7.13. The van der Waals surface area contributed by atoms with Gasteiger partial charge in [-0.2, -0.15) is 15.1 Å². The number of aryl methyl sites for hydroxylation is 1. The standard InChI is InChI=1S/C66H73FN12O10S/c1-35(2)59(64(83)77-30-45(81)24-54(77)63(82)70-52(32-80)41-14-16-42(17-15-41)61-37(4)68-34-90-61)78-31-51(73-74-78)40-10-8-38(9-11-40)33-88-60-57(56-36(3)50(67)26-53-49(56)27-69-79(53)55-7-5-6-20-87-55)47(39-12-13-39)25-48-58(60)71-65(89-46-18-21-86-22-19-46)72-62(48)75-28-44-23-43(75)29-76(44)66(84)85/h8-11,14-17,25-27,31,34-35,39,43-46,52,54-55,59,80-81H,5-7,12-13,18-24,28-30,32-33H2,1-4H3,(H,70,82)(H,84,85)/t43-,44-,45+,52?,54-,55?,59?/m0/s1. The number of aliphatic hydroxyl groups excluding tert-OH is 2. The number of ether oxygens (including phenoxy) is 4. The number of aliphatic hydroxyl groups is 2. The normalized spacial score (nSPS) is 21.9. The molecule has 5 aliphatic heterocycles. The average molecular weight is 1250 g/mol. The van der Waals surface area contributed by atoms with Gasteiger partial charge in [-0.05, 0) is 98.1 Å². The van der Waals surface area contributed by atoms with Gasteiger partial charge in [0.2, 0.25) is 11.8 Å². The Labute approximate surface area is 522 Å². The predicted octanol–water partition coefficient (Wildman–Crippen LogP) is 9.45. The summed E-state index contributed by atoms with van der Waals surface area (Å²) in [4.78, 5) is 62.1. The van der Waals surface area contributed by atoms with Gasteiger partial charge in [0.1, 0.15) is 47.6 Å². The lowest BCUT2D eigenvalue weighted by atomic mass is 9.88. The molecule has 4 aromatic heterocycles. The van der Waals surface area contributed by atoms with E-state index in [9.17, 15) is 29.7 Å². The van der Waals surface area contributed by atoms with Crippen LogP contribution in [0.25, 0.3) is 54.6 Å². The molecule has 9 heterocycles. The van der Waals surface area contributed by atoms with Crippen LogP contribution in [0.4, 0.5) is 15.0 Å². The summed E-state index contributed by atoms with van der Waals surface area (Å²) in [5.74, 6) is -0.389. The molecule has 6 aliphatic rings. The Hall–Kier alpha value is -8.16. The number of aromatic nitrogens is 8. The van der Waals surface area contributed by atoms with E-state index in [1.54, 1.807) is 29.4 Å². The molecule has 90 heavy (non-hydrogen) atoms. The number of hydrogen-bond acceptors (Lipinski definition) is 17. The highest BCUT2D eigenvalue weighted by Gasteiger charge is 2.48. The molecule has 2 bridgehead atoms. The number of fused-ring (bicyclic) bond motifs is 4. The number of likely N-dealkylation sites (tertiary alicyclic amines) is 2. The minimum absolute atomic E-state index is 0.0256. The van der Waals surface area contributed by atoms with Gasteiger partial charge in [0, 0.05) is 79.0 Å². The zero-order valence-corrected chi connectivity index (χ0v) is 51.5. The number of carboxylic acid groups (broad SMARTS) is 1. The first-order valence-corrected chi connectivity index (χ1v) is 32.3. The Balaban J connectivity index is 0.778. The SMILES string of the molecule is Cc1ncsc1-c1ccc(C(CO)NC(=O)[C@@H]2C[C@@H](O)CN2C(=O)C(C(C)C)n2cc(-c3ccc(COc4c(-c5c(C)c(F)cc6c5cnn6C5CCCCO5)c(C5CC5)cc5c(N6C[C@@H]7C[C@H]6CN7C(=O)O)nc(OC6CCOCC6)nc45)cc3)nn2)cc1. The number of hydrogen-bond donors (Lipinski definition) is 4. The van der Waals surface area contributed by atoms with Crippen molar-refractivity contribution in [2.45, 2.75) is 147 Å². The minimum atomic E-state index is -1.00. The van der Waals surface area contributed by atoms with E-state index in [1.807, 2.05) is 75.5 Å². The summed E-state index contributed by atoms with van der Waals surface area (Å²) in [6.07, 6.45) is 7.53. The zero-order valence-electron chi connectivity index (χ0n) is 50.7. The topological polar surface area (TPSA) is 258 Å². The van der Waals surface area contributed by atoms with Gasteiger partial charge >= 0.3 is 12.1 Å². The van der Waals surface area contributed by atoms with Gasteiger partial charge in [-0.25, -0.2) is 23.5 Å². The Kier molecular flexibility index (Phi) is 16.2. The minimum Gasteiger partial charge on any atom is -0.486 e. The predicted molar refractivity (Wildman–Crippen MR) is 333 cm³/mol. The van der Waals surface area contributed by atoms with E-state index in [2.05, 4.69) is 31.6 Å². The summed E-state index contributed by atoms with van der Waals surface area (Å²) >= 11 is 1.53. The number of β-amino-alcohol motifs (C(OH)–C–C–N with tert-alkyl or cyclic N) is 1. The number of piperazine rings is 1. The first-order valence-electron chi connectivity index (χ1n) is 31.4. The molecule has 4 aromatic carbocycles. The van der Waals surface area contributed by atoms with Crippen molar-refractivity contribution in [3.05, 3.63) is 112 Å². The van der Waals surface area contributed by atoms with Crippen LogP contribution in [-0.4, -0.2) is 159 Å². The molecule has 14 rings (SSSR count). The molecule has 4 N–H and O–H groups in total. The second-order valence-electron chi connectivity index (χ2n) is 25.2. The van der Waals surface area contributed by atoms with Crippen molar-refractivity contribution in [2.75, 3.05) is 51.0 Å². The number of rotatable bonds is 18. The number of thiazole rings is 1. The number of anilines is 1. The van der Waals surface area contributed by atoms with Gasteiger partial charge < -0.3 is 54.3 Å². The van der Waals surface area contributed by atoms with Crippen LogP contribution in [0.2, 0.25) is 0 Å². The summed E-state index contributed by atoms with van der Waals surface area (Å²) in [7, 11) is 0. The van der Waals surface area contributed by atoms with Crippen molar-refractivity contribution in [3.63, 3.8) is 0 Å². The van der Waals surface area contributed by atoms with Gasteiger partial charge in [-0.3, -0.25) is 9.59 Å². The zero-order chi connectivity index (χ0) is 62.1. The lowest BCUT2D eigenvalue weighted by Crippen LogP contribution is -2.50. The molecule has 8 aromatic rings. The molecular formula is C66H73FN12O10S. The van der Waals surface area contributed by atoms with Crippen LogP contribution in [0, 0.1) is 25.6 Å². The molecule has 22 nitrogen and oxygen atoms in total. The molecule has 6 fully saturated rings. The number of halogens is 1. The number of benzene rings is 4. The maximum absolute atomic E-state index is 16.9. The second kappa shape index (κ2) is 24.6. The van der Waals surface area contributed by atoms with E-state index in [1.165, 1.54) is 25.8 Å². The number of carbonyl (C=O) groups excluding carboxylic acids is 2. The van der Waals surface area contributed by atoms with Crippen molar-refractivity contribution in [1.82, 2.24) is 54.8 Å². The van der Waals surface area contributed by atoms with Crippen molar-refractivity contribution in [3.8, 4) is 44.6 Å². The van der Waals surface area contributed by atoms with E-state index < -0.39 is 48.0 Å². The fraction of sp³-hybridized carbons (Fsp3) is 0.470. The summed E-state index contributed by atoms with van der Waals surface area (Å²) < 4.78 is 46.1. The smallest absolute Gasteiger partial charge is 0.407 e. The van der Waals surface area contributed by atoms with Gasteiger partial charge in [-0.15, -0.1) is 16.4 Å². The Morgan fingerprint density at radius 1 is 0.878 bits per heavy atom. The van der Waals surface area contributed by atoms with Crippen LogP contribution in [0.15, 0.2) is 78.6 Å². The van der Waals surface area contributed by atoms with Gasteiger partial charge in [0.05, 0.1) is 78.0 Å². The molecular weight excluding hydrogens is 1170 g/mol. The maximum atomic E-state index is 16.9. The Morgan fingerprint density at radius 2 is 1.67 bits per heavy atom. The summed E-state index contributed by atoms with van der Waals surface area (Å²) in [6, 6.07) is 16.2. The van der Waals surface area contributed by atoms with Crippen LogP contribution >= 0.6 is 11.3 Å². The molecule has 3 unspecified atom stereocenters. The quantitative estimate of drug-likeness (QED) is 0.0623. The first-order chi connectivity index (χ1) is 43.7. The van der Waals surface area contributed by atoms with Crippen molar-refractivity contribution in [1.29, 1.82) is 0 Å². The van der Waals surface area contributed by atoms with Crippen molar-refractivity contribution < 1.29 is 53.0 Å². The highest BCUT2D eigenvalue weighted by atomic mass is 32.1. The molecule has 1 saturated carbocycles. The summed E-state index contributed by atoms with van der Waals surface area (Å²) in [6.45, 7) is 9.59. The van der Waals surface area contributed by atoms with Crippen LogP contribution in [0.5, 0.6) is 11.8 Å². The lowest BCUT2D eigenvalue weighted by molar-refractivity contribution is -0.142. The third-order valence-electron chi connectivity index (χ3n) is 18.9. The molecule has 1 aliphatic carbocycles. The fourth-order valence-electron chi connectivity index (χ4n) is 14.0. The molecule has 7 atom stereocenters. The third kappa shape index (κ3) is 11.3. The summed E-state index contributed by atoms with van der Waals surface area (Å²) in [5, 5.41) is 49.9. The third-order valence-corrected chi connectivity index (χ3v) is 19.9. The van der Waals surface area contributed by atoms with Crippen molar-refractivity contribution >= 4 is 56.9 Å². The molecule has 5 saturated heterocycles. The van der Waals surface area contributed by atoms with Crippen LogP contribution in [0.3, 0.4) is 0 Å². The molecule has 0 radical (unpaired) electrons. The van der Waals surface area contributed by atoms with Gasteiger partial charge in [0.25, 0.3) is 0 Å². The maximum Gasteiger partial charge on any atom is 0.407 e. The monoisotopic (exact) mass is 1240 g/mol. The van der Waals surface area contributed by atoms with Crippen LogP contribution in [-0.2, 0) is 25.7 Å². The first kappa shape index (κ1) is 59.5. The Morgan fingerprint density at radius 3 is 2.36 bits per heavy atom. The van der Waals surface area contributed by atoms with E-state index >= 15 is 4.39 Å². The van der Waals surface area contributed by atoms with E-state index in [0.717, 1.165) is 70.1 Å². The van der Waals surface area contributed by atoms with Gasteiger partial charge in [-0.1, -0.05) is 67.6 Å². The molecule has 0 spiro atoms. The van der Waals surface area contributed by atoms with E-state index in [-0.39, 0.29) is 68.4 Å². The summed E-state index contributed by atoms with van der Waals surface area (Å²) in [5.41, 5.74) is 10.3. The fourth-order valence-corrected chi connectivity index (χ4v) is 14.8. The number of nitrogens with zero attached hydrogens (tertiary/aromatic N) is 11. The lowest BCUT2D eigenvalue weighted by Gasteiger charge is -2.34. The molecule has 24 heteroatoms. The average Bonchev–Trinajstić information content (AvgIpc) is 1.36.